The minimum absolute atomic E-state index is 0.203. The maximum atomic E-state index is 6.11. The van der Waals surface area contributed by atoms with Gasteiger partial charge >= 0.3 is 0 Å². The van der Waals surface area contributed by atoms with Gasteiger partial charge in [-0.25, -0.2) is 4.98 Å². The van der Waals surface area contributed by atoms with Crippen LogP contribution in [0.1, 0.15) is 13.3 Å². The molecule has 1 saturated heterocycles. The second-order valence-electron chi connectivity index (χ2n) is 4.69. The van der Waals surface area contributed by atoms with Crippen LogP contribution in [0.2, 0.25) is 0 Å². The van der Waals surface area contributed by atoms with Crippen molar-refractivity contribution in [1.82, 2.24) is 19.6 Å². The van der Waals surface area contributed by atoms with Crippen molar-refractivity contribution < 1.29 is 0 Å². The molecule has 2 unspecified atom stereocenters. The fourth-order valence-corrected chi connectivity index (χ4v) is 2.26. The number of hydrogen-bond acceptors (Lipinski definition) is 5. The maximum absolute atomic E-state index is 6.11. The molecule has 0 saturated carbocycles. The third kappa shape index (κ3) is 1.74. The lowest BCUT2D eigenvalue weighted by Crippen LogP contribution is -2.48. The van der Waals surface area contributed by atoms with Crippen molar-refractivity contribution in [2.45, 2.75) is 19.4 Å². The molecule has 2 aromatic heterocycles. The molecular formula is C11H16N6. The van der Waals surface area contributed by atoms with Crippen LogP contribution in [0.4, 0.5) is 5.82 Å². The minimum atomic E-state index is 0.203. The Morgan fingerprint density at radius 1 is 1.47 bits per heavy atom. The van der Waals surface area contributed by atoms with E-state index >= 15 is 0 Å². The summed E-state index contributed by atoms with van der Waals surface area (Å²) < 4.78 is 1.88. The Balaban J connectivity index is 1.96. The van der Waals surface area contributed by atoms with Crippen molar-refractivity contribution in [3.8, 4) is 0 Å². The van der Waals surface area contributed by atoms with Crippen LogP contribution in [0.5, 0.6) is 0 Å². The van der Waals surface area contributed by atoms with Crippen LogP contribution in [0, 0.1) is 5.92 Å². The molecule has 0 amide bonds. The van der Waals surface area contributed by atoms with Crippen LogP contribution in [0.3, 0.4) is 0 Å². The molecule has 17 heavy (non-hydrogen) atoms. The summed E-state index contributed by atoms with van der Waals surface area (Å²) >= 11 is 0. The summed E-state index contributed by atoms with van der Waals surface area (Å²) in [4.78, 5) is 6.61. The third-order valence-corrected chi connectivity index (χ3v) is 3.51. The summed E-state index contributed by atoms with van der Waals surface area (Å²) in [6, 6.07) is 0.203. The van der Waals surface area contributed by atoms with Gasteiger partial charge in [0.1, 0.15) is 6.33 Å². The van der Waals surface area contributed by atoms with Crippen molar-refractivity contribution in [2.24, 2.45) is 11.7 Å². The van der Waals surface area contributed by atoms with E-state index in [-0.39, 0.29) is 6.04 Å². The highest BCUT2D eigenvalue weighted by Crippen LogP contribution is 2.23. The molecule has 0 aliphatic carbocycles. The zero-order valence-corrected chi connectivity index (χ0v) is 9.82. The van der Waals surface area contributed by atoms with E-state index in [0.717, 1.165) is 31.0 Å². The van der Waals surface area contributed by atoms with Crippen molar-refractivity contribution >= 4 is 11.5 Å². The van der Waals surface area contributed by atoms with Crippen LogP contribution >= 0.6 is 0 Å². The maximum Gasteiger partial charge on any atom is 0.203 e. The molecule has 6 nitrogen and oxygen atoms in total. The highest BCUT2D eigenvalue weighted by Gasteiger charge is 2.25. The summed E-state index contributed by atoms with van der Waals surface area (Å²) in [7, 11) is 0. The van der Waals surface area contributed by atoms with Gasteiger partial charge in [-0.2, -0.15) is 0 Å². The summed E-state index contributed by atoms with van der Waals surface area (Å²) in [6.45, 7) is 4.02. The van der Waals surface area contributed by atoms with E-state index in [9.17, 15) is 0 Å². The average molecular weight is 232 g/mol. The number of hydrogen-bond donors (Lipinski definition) is 1. The Kier molecular flexibility index (Phi) is 2.44. The Morgan fingerprint density at radius 3 is 3.18 bits per heavy atom. The smallest absolute Gasteiger partial charge is 0.203 e. The molecule has 3 rings (SSSR count). The molecule has 90 valence electrons. The monoisotopic (exact) mass is 232 g/mol. The number of rotatable bonds is 1. The van der Waals surface area contributed by atoms with Gasteiger partial charge in [0.2, 0.25) is 5.65 Å². The molecule has 1 aliphatic rings. The molecule has 1 aliphatic heterocycles. The summed E-state index contributed by atoms with van der Waals surface area (Å²) in [5.41, 5.74) is 6.91. The molecule has 2 atom stereocenters. The number of fused-ring (bicyclic) bond motifs is 1. The molecular weight excluding hydrogens is 216 g/mol. The highest BCUT2D eigenvalue weighted by atomic mass is 15.3. The predicted molar refractivity (Wildman–Crippen MR) is 64.8 cm³/mol. The highest BCUT2D eigenvalue weighted by molar-refractivity contribution is 5.63. The molecule has 2 aromatic rings. The van der Waals surface area contributed by atoms with Crippen LogP contribution in [-0.4, -0.2) is 38.7 Å². The van der Waals surface area contributed by atoms with E-state index in [4.69, 9.17) is 5.73 Å². The number of aromatic nitrogens is 4. The molecule has 1 fully saturated rings. The first-order chi connectivity index (χ1) is 8.25. The standard InChI is InChI=1S/C11H16N6/c1-8-2-4-16(6-9(8)12)10-11-15-14-7-17(11)5-3-13-10/h3,5,7-9H,2,4,6,12H2,1H3. The minimum Gasteiger partial charge on any atom is -0.352 e. The number of nitrogens with zero attached hydrogens (tertiary/aromatic N) is 5. The molecule has 0 aromatic carbocycles. The fourth-order valence-electron chi connectivity index (χ4n) is 2.26. The van der Waals surface area contributed by atoms with Gasteiger partial charge in [0.15, 0.2) is 5.82 Å². The van der Waals surface area contributed by atoms with E-state index in [0.29, 0.717) is 5.92 Å². The average Bonchev–Trinajstić information content (AvgIpc) is 2.80. The number of anilines is 1. The van der Waals surface area contributed by atoms with Gasteiger partial charge in [-0.15, -0.1) is 10.2 Å². The van der Waals surface area contributed by atoms with Gasteiger partial charge in [-0.05, 0) is 12.3 Å². The van der Waals surface area contributed by atoms with Crippen molar-refractivity contribution in [3.63, 3.8) is 0 Å². The lowest BCUT2D eigenvalue weighted by atomic mass is 9.94. The van der Waals surface area contributed by atoms with Crippen LogP contribution in [0.15, 0.2) is 18.7 Å². The summed E-state index contributed by atoms with van der Waals surface area (Å²) in [6.07, 6.45) is 6.41. The lowest BCUT2D eigenvalue weighted by molar-refractivity contribution is 0.378. The van der Waals surface area contributed by atoms with Crippen LogP contribution < -0.4 is 10.6 Å². The zero-order valence-electron chi connectivity index (χ0n) is 9.82. The van der Waals surface area contributed by atoms with Crippen LogP contribution in [-0.2, 0) is 0 Å². The van der Waals surface area contributed by atoms with E-state index in [2.05, 4.69) is 27.0 Å². The SMILES string of the molecule is CC1CCN(c2nccn3cnnc23)CC1N. The second kappa shape index (κ2) is 3.96. The van der Waals surface area contributed by atoms with E-state index in [1.54, 1.807) is 12.5 Å². The molecule has 0 bridgehead atoms. The van der Waals surface area contributed by atoms with Gasteiger partial charge in [0, 0.05) is 31.5 Å². The first-order valence-electron chi connectivity index (χ1n) is 5.90. The van der Waals surface area contributed by atoms with Crippen molar-refractivity contribution in [1.29, 1.82) is 0 Å². The van der Waals surface area contributed by atoms with E-state index in [1.165, 1.54) is 0 Å². The van der Waals surface area contributed by atoms with Gasteiger partial charge < -0.3 is 10.6 Å². The first kappa shape index (κ1) is 10.5. The van der Waals surface area contributed by atoms with E-state index in [1.807, 2.05) is 10.6 Å². The Morgan fingerprint density at radius 2 is 2.35 bits per heavy atom. The van der Waals surface area contributed by atoms with Crippen LogP contribution in [0.25, 0.3) is 5.65 Å². The summed E-state index contributed by atoms with van der Waals surface area (Å²) in [5, 5.41) is 8.01. The molecule has 2 N–H and O–H groups in total. The van der Waals surface area contributed by atoms with Gasteiger partial charge in [-0.3, -0.25) is 4.40 Å². The Labute approximate surface area is 99.5 Å². The number of nitrogens with two attached hydrogens (primary N) is 1. The largest absolute Gasteiger partial charge is 0.352 e. The predicted octanol–water partition coefficient (Wildman–Crippen LogP) is 0.298. The van der Waals surface area contributed by atoms with Gasteiger partial charge in [-0.1, -0.05) is 6.92 Å². The zero-order chi connectivity index (χ0) is 11.8. The molecule has 6 heteroatoms. The third-order valence-electron chi connectivity index (χ3n) is 3.51. The quantitative estimate of drug-likeness (QED) is 0.765. The summed E-state index contributed by atoms with van der Waals surface area (Å²) in [5.74, 6) is 1.45. The molecule has 0 radical (unpaired) electrons. The van der Waals surface area contributed by atoms with Gasteiger partial charge in [0.05, 0.1) is 0 Å². The van der Waals surface area contributed by atoms with E-state index < -0.39 is 0 Å². The Hall–Kier alpha value is -1.69. The Bertz CT molecular complexity index is 521. The lowest BCUT2D eigenvalue weighted by Gasteiger charge is -2.35. The van der Waals surface area contributed by atoms with Gasteiger partial charge in [0.25, 0.3) is 0 Å². The van der Waals surface area contributed by atoms with Crippen molar-refractivity contribution in [3.05, 3.63) is 18.7 Å². The second-order valence-corrected chi connectivity index (χ2v) is 4.69. The number of piperidine rings is 1. The normalized spacial score (nSPS) is 25.4. The topological polar surface area (TPSA) is 72.3 Å². The van der Waals surface area contributed by atoms with Crippen molar-refractivity contribution in [2.75, 3.05) is 18.0 Å². The fraction of sp³-hybridized carbons (Fsp3) is 0.545. The molecule has 3 heterocycles. The first-order valence-corrected chi connectivity index (χ1v) is 5.90. The molecule has 0 spiro atoms.